The summed E-state index contributed by atoms with van der Waals surface area (Å²) in [5.74, 6) is 0.810. The predicted molar refractivity (Wildman–Crippen MR) is 109 cm³/mol. The lowest BCUT2D eigenvalue weighted by molar-refractivity contribution is 0.163. The second-order valence-corrected chi connectivity index (χ2v) is 7.37. The first-order chi connectivity index (χ1) is 11.9. The molecule has 0 saturated heterocycles. The summed E-state index contributed by atoms with van der Waals surface area (Å²) in [6.45, 7) is 8.88. The quantitative estimate of drug-likeness (QED) is 0.521. The highest BCUT2D eigenvalue weighted by atomic mass is 79.9. The number of aromatic nitrogens is 2. The number of aliphatic imine (C=N–C) groups is 1. The van der Waals surface area contributed by atoms with E-state index in [9.17, 15) is 4.79 Å². The molecule has 0 spiro atoms. The minimum atomic E-state index is -0.559. The van der Waals surface area contributed by atoms with Gasteiger partial charge in [-0.1, -0.05) is 18.7 Å². The first-order valence-corrected chi connectivity index (χ1v) is 9.98. The molecule has 0 aliphatic carbocycles. The third-order valence-electron chi connectivity index (χ3n) is 3.64. The molecule has 8 heteroatoms. The highest BCUT2D eigenvalue weighted by Gasteiger charge is 2.20. The van der Waals surface area contributed by atoms with Gasteiger partial charge in [0.2, 0.25) is 0 Å². The minimum Gasteiger partial charge on any atom is -0.448 e. The van der Waals surface area contributed by atoms with Crippen molar-refractivity contribution in [1.82, 2.24) is 9.78 Å². The first-order valence-electron chi connectivity index (χ1n) is 8.21. The molecule has 1 heterocycles. The molecule has 6 nitrogen and oxygen atoms in total. The Kier molecular flexibility index (Phi) is 6.89. The number of benzene rings is 1. The van der Waals surface area contributed by atoms with Crippen LogP contribution < -0.4 is 4.90 Å². The SMILES string of the molecule is CCOC(=O)N=C(SCC)N(CC)c1cc2cn(C)nc2c(Br)c1C. The number of rotatable bonds is 4. The fourth-order valence-electron chi connectivity index (χ4n) is 2.55. The zero-order valence-corrected chi connectivity index (χ0v) is 17.6. The molecule has 1 aromatic heterocycles. The standard InChI is InChI=1S/C17H23BrN4O2S/c1-6-22(16(25-8-3)19-17(23)24-7-2)13-9-12-10-21(5)20-15(12)14(18)11(13)4/h9-10H,6-8H2,1-5H3. The smallest absolute Gasteiger partial charge is 0.436 e. The summed E-state index contributed by atoms with van der Waals surface area (Å²) in [6, 6.07) is 2.09. The molecule has 0 atom stereocenters. The van der Waals surface area contributed by atoms with Gasteiger partial charge in [0.1, 0.15) is 5.52 Å². The Morgan fingerprint density at radius 1 is 1.44 bits per heavy atom. The summed E-state index contributed by atoms with van der Waals surface area (Å²) in [6.07, 6.45) is 1.42. The van der Waals surface area contributed by atoms with Gasteiger partial charge in [-0.15, -0.1) is 0 Å². The van der Waals surface area contributed by atoms with Crippen molar-refractivity contribution in [3.8, 4) is 0 Å². The van der Waals surface area contributed by atoms with Crippen LogP contribution in [0.3, 0.4) is 0 Å². The molecule has 136 valence electrons. The van der Waals surface area contributed by atoms with Gasteiger partial charge in [0.15, 0.2) is 5.17 Å². The van der Waals surface area contributed by atoms with Gasteiger partial charge >= 0.3 is 6.09 Å². The number of hydrogen-bond donors (Lipinski definition) is 0. The second-order valence-electron chi connectivity index (χ2n) is 5.35. The van der Waals surface area contributed by atoms with E-state index >= 15 is 0 Å². The molecule has 1 amide bonds. The van der Waals surface area contributed by atoms with Gasteiger partial charge < -0.3 is 9.64 Å². The zero-order valence-electron chi connectivity index (χ0n) is 15.2. The van der Waals surface area contributed by atoms with Crippen LogP contribution in [0.1, 0.15) is 26.3 Å². The van der Waals surface area contributed by atoms with Crippen LogP contribution in [0.25, 0.3) is 10.9 Å². The topological polar surface area (TPSA) is 59.7 Å². The molecule has 2 aromatic rings. The number of amides is 1. The third-order valence-corrected chi connectivity index (χ3v) is 5.47. The van der Waals surface area contributed by atoms with Gasteiger partial charge in [-0.2, -0.15) is 10.1 Å². The number of anilines is 1. The Morgan fingerprint density at radius 2 is 2.16 bits per heavy atom. The number of fused-ring (bicyclic) bond motifs is 1. The van der Waals surface area contributed by atoms with Crippen molar-refractivity contribution in [2.24, 2.45) is 12.0 Å². The number of hydrogen-bond acceptors (Lipinski definition) is 4. The Bertz CT molecular complexity index is 804. The Hall–Kier alpha value is -1.54. The number of ether oxygens (including phenoxy) is 1. The fourth-order valence-corrected chi connectivity index (χ4v) is 3.84. The van der Waals surface area contributed by atoms with E-state index in [1.807, 2.05) is 38.9 Å². The summed E-state index contributed by atoms with van der Waals surface area (Å²) in [5.41, 5.74) is 2.98. The lowest BCUT2D eigenvalue weighted by atomic mass is 10.1. The molecular formula is C17H23BrN4O2S. The highest BCUT2D eigenvalue weighted by molar-refractivity contribution is 9.10. The van der Waals surface area contributed by atoms with Gasteiger partial charge in [-0.25, -0.2) is 4.79 Å². The van der Waals surface area contributed by atoms with Crippen molar-refractivity contribution < 1.29 is 9.53 Å². The van der Waals surface area contributed by atoms with Gasteiger partial charge in [-0.05, 0) is 54.1 Å². The second kappa shape index (κ2) is 8.71. The Morgan fingerprint density at radius 3 is 2.76 bits per heavy atom. The van der Waals surface area contributed by atoms with Crippen LogP contribution in [0.4, 0.5) is 10.5 Å². The molecule has 25 heavy (non-hydrogen) atoms. The van der Waals surface area contributed by atoms with E-state index in [0.29, 0.717) is 18.3 Å². The summed E-state index contributed by atoms with van der Waals surface area (Å²) < 4.78 is 7.74. The van der Waals surface area contributed by atoms with Crippen LogP contribution in [0.5, 0.6) is 0 Å². The monoisotopic (exact) mass is 426 g/mol. The van der Waals surface area contributed by atoms with E-state index in [0.717, 1.165) is 32.4 Å². The lowest BCUT2D eigenvalue weighted by Gasteiger charge is -2.26. The van der Waals surface area contributed by atoms with Crippen molar-refractivity contribution in [3.63, 3.8) is 0 Å². The van der Waals surface area contributed by atoms with Gasteiger partial charge in [0.05, 0.1) is 11.1 Å². The maximum atomic E-state index is 11.9. The highest BCUT2D eigenvalue weighted by Crippen LogP contribution is 2.35. The number of amidine groups is 1. The average Bonchev–Trinajstić information content (AvgIpc) is 2.94. The van der Waals surface area contributed by atoms with E-state index < -0.39 is 6.09 Å². The summed E-state index contributed by atoms with van der Waals surface area (Å²) in [5, 5.41) is 6.17. The average molecular weight is 427 g/mol. The van der Waals surface area contributed by atoms with Crippen LogP contribution in [-0.4, -0.2) is 39.9 Å². The molecule has 0 aliphatic heterocycles. The Labute approximate surface area is 160 Å². The molecule has 0 radical (unpaired) electrons. The largest absolute Gasteiger partial charge is 0.448 e. The number of thioether (sulfide) groups is 1. The summed E-state index contributed by atoms with van der Waals surface area (Å²) >= 11 is 5.19. The first kappa shape index (κ1) is 19.8. The Balaban J connectivity index is 2.55. The number of carbonyl (C=O) groups excluding carboxylic acids is 1. The molecule has 0 unspecified atom stereocenters. The third kappa shape index (κ3) is 4.36. The van der Waals surface area contributed by atoms with E-state index in [4.69, 9.17) is 4.74 Å². The van der Waals surface area contributed by atoms with Crippen molar-refractivity contribution in [2.75, 3.05) is 23.8 Å². The van der Waals surface area contributed by atoms with E-state index in [1.54, 1.807) is 11.6 Å². The van der Waals surface area contributed by atoms with E-state index in [2.05, 4.69) is 32.1 Å². The molecule has 2 rings (SSSR count). The molecule has 0 fully saturated rings. The number of nitrogens with zero attached hydrogens (tertiary/aromatic N) is 4. The molecular weight excluding hydrogens is 404 g/mol. The number of carbonyl (C=O) groups is 1. The maximum absolute atomic E-state index is 11.9. The normalized spacial score (nSPS) is 11.8. The van der Waals surface area contributed by atoms with Crippen LogP contribution in [0.15, 0.2) is 21.7 Å². The van der Waals surface area contributed by atoms with Crippen LogP contribution in [0, 0.1) is 6.92 Å². The molecule has 1 aromatic carbocycles. The van der Waals surface area contributed by atoms with Crippen molar-refractivity contribution in [1.29, 1.82) is 0 Å². The molecule has 0 bridgehead atoms. The van der Waals surface area contributed by atoms with Crippen molar-refractivity contribution in [3.05, 3.63) is 22.3 Å². The molecule has 0 saturated carbocycles. The van der Waals surface area contributed by atoms with Gasteiger partial charge in [0.25, 0.3) is 0 Å². The van der Waals surface area contributed by atoms with Gasteiger partial charge in [0, 0.05) is 30.9 Å². The maximum Gasteiger partial charge on any atom is 0.436 e. The number of halogens is 1. The van der Waals surface area contributed by atoms with Gasteiger partial charge in [-0.3, -0.25) is 4.68 Å². The minimum absolute atomic E-state index is 0.310. The van der Waals surface area contributed by atoms with Crippen molar-refractivity contribution >= 4 is 55.5 Å². The van der Waals surface area contributed by atoms with E-state index in [-0.39, 0.29) is 0 Å². The predicted octanol–water partition coefficient (Wildman–Crippen LogP) is 4.74. The van der Waals surface area contributed by atoms with Crippen LogP contribution >= 0.6 is 27.7 Å². The van der Waals surface area contributed by atoms with Crippen LogP contribution in [0.2, 0.25) is 0 Å². The lowest BCUT2D eigenvalue weighted by Crippen LogP contribution is -2.30. The summed E-state index contributed by atoms with van der Waals surface area (Å²) in [4.78, 5) is 18.1. The van der Waals surface area contributed by atoms with E-state index in [1.165, 1.54) is 11.8 Å². The zero-order chi connectivity index (χ0) is 18.6. The molecule has 0 N–H and O–H groups in total. The summed E-state index contributed by atoms with van der Waals surface area (Å²) in [7, 11) is 1.90. The number of aryl methyl sites for hydroxylation is 1. The van der Waals surface area contributed by atoms with Crippen molar-refractivity contribution in [2.45, 2.75) is 27.7 Å². The fraction of sp³-hybridized carbons (Fsp3) is 0.471. The van der Waals surface area contributed by atoms with Crippen LogP contribution in [-0.2, 0) is 11.8 Å². The molecule has 0 aliphatic rings.